The molecule has 102 valence electrons. The van der Waals surface area contributed by atoms with Gasteiger partial charge in [-0.25, -0.2) is 0 Å². The lowest BCUT2D eigenvalue weighted by molar-refractivity contribution is -0.146. The molecular formula is C15H20N2O2. The molecule has 1 N–H and O–H groups in total. The third kappa shape index (κ3) is 3.56. The Hall–Kier alpha value is -1.84. The minimum atomic E-state index is -0.495. The van der Waals surface area contributed by atoms with E-state index in [1.807, 2.05) is 31.2 Å². The Bertz CT molecular complexity index is 465. The lowest BCUT2D eigenvalue weighted by Crippen LogP contribution is -2.45. The zero-order chi connectivity index (χ0) is 13.7. The molecule has 0 radical (unpaired) electrons. The molecular weight excluding hydrogens is 240 g/mol. The molecule has 4 nitrogen and oxygen atoms in total. The third-order valence-electron chi connectivity index (χ3n) is 3.54. The van der Waals surface area contributed by atoms with Gasteiger partial charge in [0.1, 0.15) is 0 Å². The lowest BCUT2D eigenvalue weighted by atomic mass is 10.1. The van der Waals surface area contributed by atoms with Gasteiger partial charge in [0.2, 0.25) is 0 Å². The average molecular weight is 260 g/mol. The van der Waals surface area contributed by atoms with E-state index >= 15 is 0 Å². The summed E-state index contributed by atoms with van der Waals surface area (Å²) < 4.78 is 0. The largest absolute Gasteiger partial charge is 0.344 e. The van der Waals surface area contributed by atoms with E-state index in [-0.39, 0.29) is 0 Å². The molecule has 0 spiro atoms. The fourth-order valence-corrected chi connectivity index (χ4v) is 2.30. The molecule has 0 aliphatic carbocycles. The van der Waals surface area contributed by atoms with Gasteiger partial charge >= 0.3 is 11.8 Å². The SMILES string of the molecule is Cc1ccccc1CNC(=O)C(=O)N1CCCCC1. The topological polar surface area (TPSA) is 49.4 Å². The maximum Gasteiger partial charge on any atom is 0.311 e. The lowest BCUT2D eigenvalue weighted by Gasteiger charge is -2.25. The summed E-state index contributed by atoms with van der Waals surface area (Å²) in [6, 6.07) is 7.84. The number of benzene rings is 1. The molecule has 0 saturated carbocycles. The predicted octanol–water partition coefficient (Wildman–Crippen LogP) is 1.62. The van der Waals surface area contributed by atoms with Gasteiger partial charge in [0.15, 0.2) is 0 Å². The van der Waals surface area contributed by atoms with Gasteiger partial charge in [-0.3, -0.25) is 9.59 Å². The van der Waals surface area contributed by atoms with E-state index in [0.717, 1.165) is 30.4 Å². The summed E-state index contributed by atoms with van der Waals surface area (Å²) in [4.78, 5) is 25.4. The number of carbonyl (C=O) groups is 2. The number of carbonyl (C=O) groups excluding carboxylic acids is 2. The predicted molar refractivity (Wildman–Crippen MR) is 73.5 cm³/mol. The molecule has 1 aliphatic heterocycles. The van der Waals surface area contributed by atoms with Crippen molar-refractivity contribution in [3.63, 3.8) is 0 Å². The van der Waals surface area contributed by atoms with Gasteiger partial charge in [-0.2, -0.15) is 0 Å². The number of rotatable bonds is 2. The van der Waals surface area contributed by atoms with Crippen LogP contribution in [0.5, 0.6) is 0 Å². The van der Waals surface area contributed by atoms with Crippen molar-refractivity contribution >= 4 is 11.8 Å². The summed E-state index contributed by atoms with van der Waals surface area (Å²) in [6.07, 6.45) is 3.14. The van der Waals surface area contributed by atoms with Crippen molar-refractivity contribution in [2.45, 2.75) is 32.7 Å². The van der Waals surface area contributed by atoms with Crippen LogP contribution in [0.1, 0.15) is 30.4 Å². The van der Waals surface area contributed by atoms with E-state index in [9.17, 15) is 9.59 Å². The molecule has 0 atom stereocenters. The van der Waals surface area contributed by atoms with Crippen LogP contribution < -0.4 is 5.32 Å². The standard InChI is InChI=1S/C15H20N2O2/c1-12-7-3-4-8-13(12)11-16-14(18)15(19)17-9-5-2-6-10-17/h3-4,7-8H,2,5-6,9-11H2,1H3,(H,16,18). The van der Waals surface area contributed by atoms with Crippen LogP contribution in [0.4, 0.5) is 0 Å². The highest BCUT2D eigenvalue weighted by Crippen LogP contribution is 2.09. The Kier molecular flexibility index (Phi) is 4.55. The second kappa shape index (κ2) is 6.36. The number of likely N-dealkylation sites (tertiary alicyclic amines) is 1. The summed E-state index contributed by atoms with van der Waals surface area (Å²) in [5.74, 6) is -0.890. The molecule has 2 rings (SSSR count). The number of nitrogens with zero attached hydrogens (tertiary/aromatic N) is 1. The van der Waals surface area contributed by atoms with Gasteiger partial charge in [0.25, 0.3) is 0 Å². The fourth-order valence-electron chi connectivity index (χ4n) is 2.30. The summed E-state index contributed by atoms with van der Waals surface area (Å²) in [5.41, 5.74) is 2.16. The van der Waals surface area contributed by atoms with E-state index < -0.39 is 11.8 Å². The molecule has 0 unspecified atom stereocenters. The van der Waals surface area contributed by atoms with Crippen molar-refractivity contribution in [1.82, 2.24) is 10.2 Å². The molecule has 4 heteroatoms. The molecule has 1 aromatic rings. The molecule has 1 saturated heterocycles. The van der Waals surface area contributed by atoms with Crippen molar-refractivity contribution < 1.29 is 9.59 Å². The Morgan fingerprint density at radius 3 is 2.53 bits per heavy atom. The number of hydrogen-bond donors (Lipinski definition) is 1. The average Bonchev–Trinajstić information content (AvgIpc) is 2.46. The minimum absolute atomic E-state index is 0.395. The summed E-state index contributed by atoms with van der Waals surface area (Å²) in [5, 5.41) is 2.71. The Morgan fingerprint density at radius 2 is 1.84 bits per heavy atom. The Labute approximate surface area is 113 Å². The fraction of sp³-hybridized carbons (Fsp3) is 0.467. The summed E-state index contributed by atoms with van der Waals surface area (Å²) in [6.45, 7) is 3.81. The molecule has 1 fully saturated rings. The maximum atomic E-state index is 11.9. The van der Waals surface area contributed by atoms with E-state index in [4.69, 9.17) is 0 Å². The van der Waals surface area contributed by atoms with Crippen LogP contribution in [0.3, 0.4) is 0 Å². The first-order valence-corrected chi connectivity index (χ1v) is 6.80. The van der Waals surface area contributed by atoms with Gasteiger partial charge in [-0.05, 0) is 37.3 Å². The van der Waals surface area contributed by atoms with Gasteiger partial charge in [0.05, 0.1) is 0 Å². The van der Waals surface area contributed by atoms with Crippen LogP contribution in [-0.4, -0.2) is 29.8 Å². The van der Waals surface area contributed by atoms with Gasteiger partial charge < -0.3 is 10.2 Å². The van der Waals surface area contributed by atoms with Crippen LogP contribution in [-0.2, 0) is 16.1 Å². The number of amides is 2. The number of piperidine rings is 1. The van der Waals surface area contributed by atoms with Crippen LogP contribution >= 0.6 is 0 Å². The van der Waals surface area contributed by atoms with Crippen molar-refractivity contribution in [2.75, 3.05) is 13.1 Å². The number of hydrogen-bond acceptors (Lipinski definition) is 2. The number of nitrogens with one attached hydrogen (secondary N) is 1. The molecule has 19 heavy (non-hydrogen) atoms. The van der Waals surface area contributed by atoms with Crippen LogP contribution in [0.25, 0.3) is 0 Å². The van der Waals surface area contributed by atoms with Crippen LogP contribution in [0, 0.1) is 6.92 Å². The first kappa shape index (κ1) is 13.6. The van der Waals surface area contributed by atoms with Gasteiger partial charge in [-0.15, -0.1) is 0 Å². The van der Waals surface area contributed by atoms with Crippen LogP contribution in [0.15, 0.2) is 24.3 Å². The maximum absolute atomic E-state index is 11.9. The second-order valence-electron chi connectivity index (χ2n) is 4.96. The number of aryl methyl sites for hydroxylation is 1. The van der Waals surface area contributed by atoms with E-state index in [0.29, 0.717) is 19.6 Å². The Balaban J connectivity index is 1.87. The molecule has 0 bridgehead atoms. The minimum Gasteiger partial charge on any atom is -0.344 e. The van der Waals surface area contributed by atoms with Crippen LogP contribution in [0.2, 0.25) is 0 Å². The molecule has 1 aliphatic rings. The first-order valence-electron chi connectivity index (χ1n) is 6.80. The highest BCUT2D eigenvalue weighted by Gasteiger charge is 2.22. The highest BCUT2D eigenvalue weighted by molar-refractivity contribution is 6.34. The van der Waals surface area contributed by atoms with Crippen molar-refractivity contribution in [3.8, 4) is 0 Å². The first-order chi connectivity index (χ1) is 9.18. The molecule has 1 aromatic carbocycles. The van der Waals surface area contributed by atoms with E-state index in [2.05, 4.69) is 5.32 Å². The zero-order valence-corrected chi connectivity index (χ0v) is 11.3. The molecule has 1 heterocycles. The monoisotopic (exact) mass is 260 g/mol. The van der Waals surface area contributed by atoms with Crippen molar-refractivity contribution in [1.29, 1.82) is 0 Å². The quantitative estimate of drug-likeness (QED) is 0.822. The Morgan fingerprint density at radius 1 is 1.16 bits per heavy atom. The normalized spacial score (nSPS) is 15.1. The van der Waals surface area contributed by atoms with E-state index in [1.54, 1.807) is 4.90 Å². The summed E-state index contributed by atoms with van der Waals surface area (Å²) >= 11 is 0. The summed E-state index contributed by atoms with van der Waals surface area (Å²) in [7, 11) is 0. The third-order valence-corrected chi connectivity index (χ3v) is 3.54. The zero-order valence-electron chi connectivity index (χ0n) is 11.3. The highest BCUT2D eigenvalue weighted by atomic mass is 16.2. The van der Waals surface area contributed by atoms with Gasteiger partial charge in [0, 0.05) is 19.6 Å². The van der Waals surface area contributed by atoms with Crippen molar-refractivity contribution in [3.05, 3.63) is 35.4 Å². The smallest absolute Gasteiger partial charge is 0.311 e. The second-order valence-corrected chi connectivity index (χ2v) is 4.96. The molecule has 0 aromatic heterocycles. The van der Waals surface area contributed by atoms with Gasteiger partial charge in [-0.1, -0.05) is 24.3 Å². The van der Waals surface area contributed by atoms with Crippen molar-refractivity contribution in [2.24, 2.45) is 0 Å². The molecule has 2 amide bonds. The van der Waals surface area contributed by atoms with E-state index in [1.165, 1.54) is 0 Å².